The van der Waals surface area contributed by atoms with Gasteiger partial charge in [-0.3, -0.25) is 9.58 Å². The van der Waals surface area contributed by atoms with Gasteiger partial charge in [-0.25, -0.2) is 0 Å². The van der Waals surface area contributed by atoms with Crippen molar-refractivity contribution in [2.24, 2.45) is 12.8 Å². The van der Waals surface area contributed by atoms with E-state index >= 15 is 0 Å². The Morgan fingerprint density at radius 2 is 2.20 bits per heavy atom. The van der Waals surface area contributed by atoms with Crippen LogP contribution in [0.25, 0.3) is 0 Å². The minimum Gasteiger partial charge on any atom is -0.374 e. The van der Waals surface area contributed by atoms with E-state index < -0.39 is 0 Å². The number of hydrogen-bond acceptors (Lipinski definition) is 4. The predicted molar refractivity (Wildman–Crippen MR) is 81.1 cm³/mol. The summed E-state index contributed by atoms with van der Waals surface area (Å²) in [5.74, 6) is 0. The van der Waals surface area contributed by atoms with Gasteiger partial charge in [0.15, 0.2) is 0 Å². The van der Waals surface area contributed by atoms with Crippen molar-refractivity contribution in [2.45, 2.75) is 45.4 Å². The zero-order valence-corrected chi connectivity index (χ0v) is 13.5. The van der Waals surface area contributed by atoms with Crippen LogP contribution in [0.3, 0.4) is 0 Å². The summed E-state index contributed by atoms with van der Waals surface area (Å²) in [6.45, 7) is 8.92. The second kappa shape index (κ2) is 6.43. The molecule has 114 valence electrons. The molecule has 5 nitrogen and oxygen atoms in total. The number of halogens is 1. The first kappa shape index (κ1) is 15.8. The van der Waals surface area contributed by atoms with Gasteiger partial charge in [0.05, 0.1) is 29.1 Å². The van der Waals surface area contributed by atoms with E-state index in [1.54, 1.807) is 0 Å². The third kappa shape index (κ3) is 3.34. The number of rotatable bonds is 4. The zero-order valence-electron chi connectivity index (χ0n) is 12.8. The van der Waals surface area contributed by atoms with E-state index in [1.807, 2.05) is 18.7 Å². The molecule has 20 heavy (non-hydrogen) atoms. The Morgan fingerprint density at radius 1 is 1.50 bits per heavy atom. The Morgan fingerprint density at radius 3 is 2.75 bits per heavy atom. The van der Waals surface area contributed by atoms with Gasteiger partial charge in [0, 0.05) is 38.6 Å². The van der Waals surface area contributed by atoms with Crippen LogP contribution in [-0.2, 0) is 18.2 Å². The van der Waals surface area contributed by atoms with Crippen molar-refractivity contribution >= 4 is 11.6 Å². The van der Waals surface area contributed by atoms with Crippen LogP contribution in [0.5, 0.6) is 0 Å². The molecule has 1 aliphatic heterocycles. The summed E-state index contributed by atoms with van der Waals surface area (Å²) in [5, 5.41) is 5.05. The molecule has 0 aliphatic carbocycles. The maximum Gasteiger partial charge on any atom is 0.0857 e. The average molecular weight is 301 g/mol. The van der Waals surface area contributed by atoms with Crippen molar-refractivity contribution in [1.82, 2.24) is 14.7 Å². The van der Waals surface area contributed by atoms with E-state index in [2.05, 4.69) is 23.8 Å². The first-order valence-electron chi connectivity index (χ1n) is 7.19. The van der Waals surface area contributed by atoms with Gasteiger partial charge < -0.3 is 10.5 Å². The number of aromatic nitrogens is 2. The lowest BCUT2D eigenvalue weighted by molar-refractivity contribution is -0.0497. The third-order valence-electron chi connectivity index (χ3n) is 4.02. The number of morpholine rings is 1. The minimum absolute atomic E-state index is 0.0532. The summed E-state index contributed by atoms with van der Waals surface area (Å²) in [7, 11) is 1.91. The van der Waals surface area contributed by atoms with Crippen LogP contribution >= 0.6 is 11.6 Å². The number of nitrogens with two attached hydrogens (primary N) is 1. The number of ether oxygens (including phenoxy) is 1. The number of aryl methyl sites for hydroxylation is 2. The van der Waals surface area contributed by atoms with Gasteiger partial charge >= 0.3 is 0 Å². The molecule has 1 aromatic heterocycles. The minimum atomic E-state index is -0.0659. The summed E-state index contributed by atoms with van der Waals surface area (Å²) in [6, 6.07) is 0.458. The largest absolute Gasteiger partial charge is 0.374 e. The van der Waals surface area contributed by atoms with Gasteiger partial charge in [0.1, 0.15) is 0 Å². The molecule has 1 aliphatic rings. The highest BCUT2D eigenvalue weighted by Gasteiger charge is 2.28. The Labute approximate surface area is 126 Å². The van der Waals surface area contributed by atoms with Gasteiger partial charge in [0.2, 0.25) is 0 Å². The van der Waals surface area contributed by atoms with Crippen LogP contribution < -0.4 is 5.73 Å². The normalized spacial score (nSPS) is 22.4. The van der Waals surface area contributed by atoms with E-state index in [9.17, 15) is 0 Å². The molecular weight excluding hydrogens is 276 g/mol. The summed E-state index contributed by atoms with van der Waals surface area (Å²) in [6.07, 6.45) is 0.740. The molecule has 1 fully saturated rings. The topological polar surface area (TPSA) is 56.3 Å². The quantitative estimate of drug-likeness (QED) is 0.912. The second-order valence-corrected chi connectivity index (χ2v) is 6.21. The van der Waals surface area contributed by atoms with E-state index in [4.69, 9.17) is 22.1 Å². The van der Waals surface area contributed by atoms with Crippen molar-refractivity contribution in [1.29, 1.82) is 0 Å². The summed E-state index contributed by atoms with van der Waals surface area (Å²) >= 11 is 6.29. The summed E-state index contributed by atoms with van der Waals surface area (Å²) < 4.78 is 7.66. The molecule has 2 atom stereocenters. The molecule has 0 amide bonds. The zero-order chi connectivity index (χ0) is 14.9. The fourth-order valence-corrected chi connectivity index (χ4v) is 2.92. The molecule has 2 N–H and O–H groups in total. The Kier molecular flexibility index (Phi) is 5.07. The summed E-state index contributed by atoms with van der Waals surface area (Å²) in [4.78, 5) is 2.41. The van der Waals surface area contributed by atoms with Crippen LogP contribution in [0.15, 0.2) is 0 Å². The molecule has 2 heterocycles. The van der Waals surface area contributed by atoms with Crippen molar-refractivity contribution < 1.29 is 4.74 Å². The standard InChI is InChI=1S/C14H25ClN4O/c1-9(2)19-5-6-20-13(8-19)11(16)7-12-14(15)10(3)17-18(12)4/h9,11,13H,5-8,16H2,1-4H3. The highest BCUT2D eigenvalue weighted by atomic mass is 35.5. The number of hydrogen-bond donors (Lipinski definition) is 1. The monoisotopic (exact) mass is 300 g/mol. The predicted octanol–water partition coefficient (Wildman–Crippen LogP) is 1.36. The van der Waals surface area contributed by atoms with Gasteiger partial charge in [-0.15, -0.1) is 0 Å². The lowest BCUT2D eigenvalue weighted by Gasteiger charge is -2.37. The fraction of sp³-hybridized carbons (Fsp3) is 0.786. The first-order chi connectivity index (χ1) is 9.40. The van der Waals surface area contributed by atoms with Crippen molar-refractivity contribution in [3.63, 3.8) is 0 Å². The van der Waals surface area contributed by atoms with Gasteiger partial charge in [-0.2, -0.15) is 5.10 Å². The smallest absolute Gasteiger partial charge is 0.0857 e. The van der Waals surface area contributed by atoms with Crippen molar-refractivity contribution in [3.8, 4) is 0 Å². The lowest BCUT2D eigenvalue weighted by atomic mass is 10.0. The maximum atomic E-state index is 6.34. The van der Waals surface area contributed by atoms with Crippen LogP contribution in [0.2, 0.25) is 5.02 Å². The lowest BCUT2D eigenvalue weighted by Crippen LogP contribution is -2.53. The molecule has 0 aromatic carbocycles. The summed E-state index contributed by atoms with van der Waals surface area (Å²) in [5.41, 5.74) is 8.18. The van der Waals surface area contributed by atoms with Crippen molar-refractivity contribution in [2.75, 3.05) is 19.7 Å². The molecule has 6 heteroatoms. The third-order valence-corrected chi connectivity index (χ3v) is 4.52. The highest BCUT2D eigenvalue weighted by molar-refractivity contribution is 6.31. The van der Waals surface area contributed by atoms with Crippen LogP contribution in [0.4, 0.5) is 0 Å². The molecule has 1 saturated heterocycles. The molecule has 1 aromatic rings. The maximum absolute atomic E-state index is 6.34. The molecule has 2 rings (SSSR count). The molecular formula is C14H25ClN4O. The van der Waals surface area contributed by atoms with Crippen LogP contribution in [0.1, 0.15) is 25.2 Å². The first-order valence-corrected chi connectivity index (χ1v) is 7.57. The molecule has 0 spiro atoms. The van der Waals surface area contributed by atoms with Crippen LogP contribution in [-0.4, -0.2) is 52.6 Å². The SMILES string of the molecule is Cc1nn(C)c(CC(N)C2CN(C(C)C)CCO2)c1Cl. The van der Waals surface area contributed by atoms with Crippen molar-refractivity contribution in [3.05, 3.63) is 16.4 Å². The Balaban J connectivity index is 2.02. The van der Waals surface area contributed by atoms with E-state index in [-0.39, 0.29) is 12.1 Å². The fourth-order valence-electron chi connectivity index (χ4n) is 2.68. The molecule has 2 unspecified atom stereocenters. The molecule has 0 saturated carbocycles. The van der Waals surface area contributed by atoms with Gasteiger partial charge in [0.25, 0.3) is 0 Å². The van der Waals surface area contributed by atoms with E-state index in [1.165, 1.54) is 0 Å². The highest BCUT2D eigenvalue weighted by Crippen LogP contribution is 2.22. The van der Waals surface area contributed by atoms with Gasteiger partial charge in [-0.05, 0) is 20.8 Å². The average Bonchev–Trinajstić information content (AvgIpc) is 2.65. The van der Waals surface area contributed by atoms with E-state index in [0.29, 0.717) is 12.5 Å². The Hall–Kier alpha value is -0.620. The molecule has 0 bridgehead atoms. The Bertz CT molecular complexity index is 460. The van der Waals surface area contributed by atoms with Crippen LogP contribution in [0, 0.1) is 6.92 Å². The number of nitrogens with zero attached hydrogens (tertiary/aromatic N) is 3. The molecule has 0 radical (unpaired) electrons. The van der Waals surface area contributed by atoms with Gasteiger partial charge in [-0.1, -0.05) is 11.6 Å². The second-order valence-electron chi connectivity index (χ2n) is 5.84. The van der Waals surface area contributed by atoms with E-state index in [0.717, 1.165) is 36.1 Å².